The number of nitrogens with one attached hydrogen (secondary N) is 1. The number of fused-ring (bicyclic) bond motifs is 2. The van der Waals surface area contributed by atoms with E-state index in [-0.39, 0.29) is 11.4 Å². The molecule has 0 unspecified atom stereocenters. The molecule has 4 heterocycles. The molecular weight excluding hydrogens is 442 g/mol. The highest BCUT2D eigenvalue weighted by Crippen LogP contribution is 2.53. The van der Waals surface area contributed by atoms with Gasteiger partial charge in [-0.25, -0.2) is 9.97 Å². The molecule has 1 amide bonds. The third-order valence-electron chi connectivity index (χ3n) is 6.93. The largest absolute Gasteiger partial charge is 0.381 e. The maximum absolute atomic E-state index is 13.7. The van der Waals surface area contributed by atoms with Crippen molar-refractivity contribution < 1.29 is 9.53 Å². The predicted molar refractivity (Wildman–Crippen MR) is 131 cm³/mol. The molecule has 1 N–H and O–H groups in total. The van der Waals surface area contributed by atoms with Crippen molar-refractivity contribution in [3.8, 4) is 11.5 Å². The highest BCUT2D eigenvalue weighted by molar-refractivity contribution is 6.11. The standard InChI is InChI=1S/C26H25N7O2/c1-32-23(30-31-24(32)21-9-12-27-17-29-21)16-28-19-6-4-5-18(15-19)25(34)33-22-8-3-2-7-20(22)26(33)10-13-35-14-11-26/h2-9,12,15,17,28H,10-11,13-14,16H2,1H3. The van der Waals surface area contributed by atoms with E-state index in [9.17, 15) is 4.79 Å². The van der Waals surface area contributed by atoms with E-state index >= 15 is 0 Å². The Bertz CT molecular complexity index is 1380. The van der Waals surface area contributed by atoms with Gasteiger partial charge in [-0.05, 0) is 43.2 Å². The molecule has 2 aromatic carbocycles. The van der Waals surface area contributed by atoms with E-state index in [1.54, 1.807) is 12.3 Å². The van der Waals surface area contributed by atoms with Gasteiger partial charge in [0.1, 0.15) is 12.0 Å². The van der Waals surface area contributed by atoms with Crippen LogP contribution in [0.3, 0.4) is 0 Å². The smallest absolute Gasteiger partial charge is 0.259 e. The number of nitrogens with zero attached hydrogens (tertiary/aromatic N) is 6. The Balaban J connectivity index is 1.22. The maximum atomic E-state index is 13.7. The third-order valence-corrected chi connectivity index (χ3v) is 6.93. The molecule has 9 nitrogen and oxygen atoms in total. The van der Waals surface area contributed by atoms with Gasteiger partial charge in [0.2, 0.25) is 0 Å². The van der Waals surface area contributed by atoms with Crippen molar-refractivity contribution in [2.24, 2.45) is 7.05 Å². The summed E-state index contributed by atoms with van der Waals surface area (Å²) in [4.78, 5) is 23.9. The molecule has 2 aliphatic rings. The summed E-state index contributed by atoms with van der Waals surface area (Å²) in [6.07, 6.45) is 4.80. The van der Waals surface area contributed by atoms with Gasteiger partial charge in [0.25, 0.3) is 5.91 Å². The van der Waals surface area contributed by atoms with Crippen LogP contribution >= 0.6 is 0 Å². The lowest BCUT2D eigenvalue weighted by atomic mass is 9.72. The first-order valence-electron chi connectivity index (χ1n) is 11.7. The molecule has 2 aliphatic heterocycles. The molecule has 1 spiro atoms. The van der Waals surface area contributed by atoms with Crippen molar-refractivity contribution in [3.05, 3.63) is 84.1 Å². The number of hydrogen-bond donors (Lipinski definition) is 1. The Morgan fingerprint density at radius 1 is 1.09 bits per heavy atom. The van der Waals surface area contributed by atoms with Crippen molar-refractivity contribution in [2.45, 2.75) is 24.9 Å². The summed E-state index contributed by atoms with van der Waals surface area (Å²) in [6.45, 7) is 1.78. The number of anilines is 2. The van der Waals surface area contributed by atoms with Gasteiger partial charge in [-0.3, -0.25) is 9.69 Å². The molecule has 0 aliphatic carbocycles. The Morgan fingerprint density at radius 3 is 2.77 bits per heavy atom. The van der Waals surface area contributed by atoms with Crippen molar-refractivity contribution in [1.29, 1.82) is 0 Å². The maximum Gasteiger partial charge on any atom is 0.259 e. The van der Waals surface area contributed by atoms with Gasteiger partial charge in [0.15, 0.2) is 11.6 Å². The Kier molecular flexibility index (Phi) is 5.26. The van der Waals surface area contributed by atoms with Crippen LogP contribution < -0.4 is 10.2 Å². The monoisotopic (exact) mass is 467 g/mol. The first-order chi connectivity index (χ1) is 17.2. The predicted octanol–water partition coefficient (Wildman–Crippen LogP) is 3.55. The van der Waals surface area contributed by atoms with Gasteiger partial charge < -0.3 is 14.6 Å². The normalized spacial score (nSPS) is 16.0. The summed E-state index contributed by atoms with van der Waals surface area (Å²) in [5.74, 6) is 1.44. The second kappa shape index (κ2) is 8.59. The van der Waals surface area contributed by atoms with Crippen molar-refractivity contribution >= 4 is 17.3 Å². The molecule has 0 bridgehead atoms. The van der Waals surface area contributed by atoms with Crippen LogP contribution in [0, 0.1) is 0 Å². The Labute approximate surface area is 202 Å². The summed E-state index contributed by atoms with van der Waals surface area (Å²) in [7, 11) is 1.91. The van der Waals surface area contributed by atoms with Gasteiger partial charge in [-0.2, -0.15) is 0 Å². The van der Waals surface area contributed by atoms with Crippen LogP contribution in [0.5, 0.6) is 0 Å². The summed E-state index contributed by atoms with van der Waals surface area (Å²) in [5.41, 5.74) is 4.17. The summed E-state index contributed by atoms with van der Waals surface area (Å²) in [6, 6.07) is 17.6. The van der Waals surface area contributed by atoms with E-state index in [0.717, 1.165) is 30.0 Å². The van der Waals surface area contributed by atoms with Gasteiger partial charge >= 0.3 is 0 Å². The zero-order valence-corrected chi connectivity index (χ0v) is 19.4. The minimum Gasteiger partial charge on any atom is -0.381 e. The van der Waals surface area contributed by atoms with Crippen LogP contribution in [-0.4, -0.2) is 43.9 Å². The van der Waals surface area contributed by atoms with E-state index < -0.39 is 0 Å². The lowest BCUT2D eigenvalue weighted by Gasteiger charge is -2.55. The second-order valence-electron chi connectivity index (χ2n) is 8.83. The molecule has 1 saturated heterocycles. The van der Waals surface area contributed by atoms with E-state index in [2.05, 4.69) is 31.5 Å². The van der Waals surface area contributed by atoms with Gasteiger partial charge in [-0.15, -0.1) is 10.2 Å². The summed E-state index contributed by atoms with van der Waals surface area (Å²) < 4.78 is 7.51. The first kappa shape index (κ1) is 21.4. The average molecular weight is 468 g/mol. The van der Waals surface area contributed by atoms with Crippen molar-refractivity contribution in [2.75, 3.05) is 23.4 Å². The van der Waals surface area contributed by atoms with E-state index in [0.29, 0.717) is 36.8 Å². The highest BCUT2D eigenvalue weighted by Gasteiger charge is 2.52. The van der Waals surface area contributed by atoms with Crippen LogP contribution in [0.2, 0.25) is 0 Å². The number of rotatable bonds is 5. The number of para-hydroxylation sites is 1. The van der Waals surface area contributed by atoms with Crippen molar-refractivity contribution in [3.63, 3.8) is 0 Å². The Hall–Kier alpha value is -4.11. The summed E-state index contributed by atoms with van der Waals surface area (Å²) in [5, 5.41) is 11.9. The zero-order valence-electron chi connectivity index (χ0n) is 19.4. The van der Waals surface area contributed by atoms with Crippen LogP contribution in [0.1, 0.15) is 34.6 Å². The molecule has 0 atom stereocenters. The molecule has 176 valence electrons. The minimum atomic E-state index is -0.272. The molecule has 1 fully saturated rings. The molecule has 0 radical (unpaired) electrons. The quantitative estimate of drug-likeness (QED) is 0.479. The topological polar surface area (TPSA) is 98.1 Å². The Morgan fingerprint density at radius 2 is 1.94 bits per heavy atom. The molecule has 4 aromatic rings. The molecular formula is C26H25N7O2. The lowest BCUT2D eigenvalue weighted by Crippen LogP contribution is -2.60. The van der Waals surface area contributed by atoms with E-state index in [1.807, 2.05) is 59.0 Å². The number of hydrogen-bond acceptors (Lipinski definition) is 7. The number of carbonyl (C=O) groups excluding carboxylic acids is 1. The number of aromatic nitrogens is 5. The van der Waals surface area contributed by atoms with Crippen LogP contribution in [-0.2, 0) is 23.9 Å². The van der Waals surface area contributed by atoms with Crippen LogP contribution in [0.25, 0.3) is 11.5 Å². The number of amides is 1. The average Bonchev–Trinajstić information content (AvgIpc) is 3.28. The molecule has 9 heteroatoms. The molecule has 0 saturated carbocycles. The molecule has 2 aromatic heterocycles. The van der Waals surface area contributed by atoms with Gasteiger partial charge in [-0.1, -0.05) is 24.3 Å². The fourth-order valence-corrected chi connectivity index (χ4v) is 5.10. The number of carbonyl (C=O) groups is 1. The second-order valence-corrected chi connectivity index (χ2v) is 8.83. The fourth-order valence-electron chi connectivity index (χ4n) is 5.10. The van der Waals surface area contributed by atoms with E-state index in [1.165, 1.54) is 11.9 Å². The van der Waals surface area contributed by atoms with Crippen LogP contribution in [0.4, 0.5) is 11.4 Å². The summed E-state index contributed by atoms with van der Waals surface area (Å²) >= 11 is 0. The first-order valence-corrected chi connectivity index (χ1v) is 11.7. The highest BCUT2D eigenvalue weighted by atomic mass is 16.5. The fraction of sp³-hybridized carbons (Fsp3) is 0.269. The minimum absolute atomic E-state index is 0.0129. The zero-order chi connectivity index (χ0) is 23.8. The SMILES string of the molecule is Cn1c(CNc2cccc(C(=O)N3c4ccccc4C34CCOCC4)c2)nnc1-c1ccncn1. The van der Waals surface area contributed by atoms with Crippen molar-refractivity contribution in [1.82, 2.24) is 24.7 Å². The third kappa shape index (κ3) is 3.55. The number of ether oxygens (including phenoxy) is 1. The van der Waals surface area contributed by atoms with Gasteiger partial charge in [0.05, 0.1) is 17.8 Å². The lowest BCUT2D eigenvalue weighted by molar-refractivity contribution is 0.0392. The van der Waals surface area contributed by atoms with E-state index in [4.69, 9.17) is 4.74 Å². The van der Waals surface area contributed by atoms with Gasteiger partial charge in [0, 0.05) is 43.3 Å². The molecule has 35 heavy (non-hydrogen) atoms. The van der Waals surface area contributed by atoms with Crippen LogP contribution in [0.15, 0.2) is 67.1 Å². The number of benzene rings is 2. The molecule has 6 rings (SSSR count).